The zero-order valence-electron chi connectivity index (χ0n) is 9.66. The third-order valence-electron chi connectivity index (χ3n) is 2.59. The fourth-order valence-corrected chi connectivity index (χ4v) is 2.67. The van der Waals surface area contributed by atoms with Crippen molar-refractivity contribution in [3.05, 3.63) is 32.3 Å². The fraction of sp³-hybridized carbons (Fsp3) is 0.455. The maximum Gasteiger partial charge on any atom is 0.329 e. The quantitative estimate of drug-likeness (QED) is 0.773. The Labute approximate surface area is 102 Å². The van der Waals surface area contributed by atoms with E-state index in [9.17, 15) is 9.59 Å². The summed E-state index contributed by atoms with van der Waals surface area (Å²) in [4.78, 5) is 26.3. The van der Waals surface area contributed by atoms with Gasteiger partial charge in [0.25, 0.3) is 5.56 Å². The van der Waals surface area contributed by atoms with E-state index in [0.717, 1.165) is 24.3 Å². The van der Waals surface area contributed by atoms with Gasteiger partial charge in [-0.15, -0.1) is 11.3 Å². The molecule has 0 aliphatic carbocycles. The van der Waals surface area contributed by atoms with Crippen LogP contribution < -0.4 is 16.6 Å². The Balaban J connectivity index is 2.30. The molecule has 0 aliphatic rings. The van der Waals surface area contributed by atoms with E-state index >= 15 is 0 Å². The van der Waals surface area contributed by atoms with Gasteiger partial charge in [0.15, 0.2) is 0 Å². The van der Waals surface area contributed by atoms with Gasteiger partial charge in [-0.3, -0.25) is 14.3 Å². The van der Waals surface area contributed by atoms with E-state index in [4.69, 9.17) is 0 Å². The predicted molar refractivity (Wildman–Crippen MR) is 69.9 cm³/mol. The molecule has 5 nitrogen and oxygen atoms in total. The second-order valence-corrected chi connectivity index (χ2v) is 4.65. The van der Waals surface area contributed by atoms with Gasteiger partial charge in [-0.1, -0.05) is 6.92 Å². The van der Waals surface area contributed by atoms with Crippen LogP contribution in [0.3, 0.4) is 0 Å². The summed E-state index contributed by atoms with van der Waals surface area (Å²) in [5.74, 6) is 0. The van der Waals surface area contributed by atoms with E-state index in [0.29, 0.717) is 11.9 Å². The highest BCUT2D eigenvalue weighted by molar-refractivity contribution is 7.16. The van der Waals surface area contributed by atoms with E-state index < -0.39 is 0 Å². The Morgan fingerprint density at radius 2 is 2.29 bits per heavy atom. The number of aromatic amines is 1. The molecular formula is C11H15N3O2S. The maximum atomic E-state index is 11.7. The van der Waals surface area contributed by atoms with Crippen LogP contribution in [0.4, 0.5) is 0 Å². The van der Waals surface area contributed by atoms with Crippen molar-refractivity contribution in [1.29, 1.82) is 0 Å². The predicted octanol–water partition coefficient (Wildman–Crippen LogP) is 0.751. The van der Waals surface area contributed by atoms with E-state index in [1.54, 1.807) is 10.6 Å². The fourth-order valence-electron chi connectivity index (χ4n) is 1.75. The number of rotatable bonds is 5. The van der Waals surface area contributed by atoms with Gasteiger partial charge in [-0.25, -0.2) is 4.79 Å². The van der Waals surface area contributed by atoms with Crippen molar-refractivity contribution in [2.75, 3.05) is 13.1 Å². The summed E-state index contributed by atoms with van der Waals surface area (Å²) in [5, 5.41) is 5.64. The van der Waals surface area contributed by atoms with Crippen LogP contribution in [0.1, 0.15) is 13.3 Å². The molecule has 0 unspecified atom stereocenters. The average molecular weight is 253 g/mol. The monoisotopic (exact) mass is 253 g/mol. The first-order valence-corrected chi connectivity index (χ1v) is 6.53. The molecule has 0 saturated carbocycles. The summed E-state index contributed by atoms with van der Waals surface area (Å²) in [6, 6.07) is 1.75. The minimum Gasteiger partial charge on any atom is -0.317 e. The van der Waals surface area contributed by atoms with Crippen LogP contribution in [0.15, 0.2) is 21.0 Å². The number of aromatic nitrogens is 2. The van der Waals surface area contributed by atoms with Crippen molar-refractivity contribution in [2.24, 2.45) is 0 Å². The molecule has 0 spiro atoms. The Kier molecular flexibility index (Phi) is 3.75. The lowest BCUT2D eigenvalue weighted by atomic mass is 10.4. The molecule has 17 heavy (non-hydrogen) atoms. The van der Waals surface area contributed by atoms with Crippen molar-refractivity contribution in [2.45, 2.75) is 19.9 Å². The zero-order valence-corrected chi connectivity index (χ0v) is 10.5. The van der Waals surface area contributed by atoms with Gasteiger partial charge < -0.3 is 5.32 Å². The molecule has 2 aromatic rings. The first kappa shape index (κ1) is 12.1. The molecule has 2 aromatic heterocycles. The van der Waals surface area contributed by atoms with Gasteiger partial charge in [-0.05, 0) is 31.0 Å². The van der Waals surface area contributed by atoms with Crippen molar-refractivity contribution in [1.82, 2.24) is 14.9 Å². The van der Waals surface area contributed by atoms with E-state index in [2.05, 4.69) is 10.3 Å². The molecule has 0 saturated heterocycles. The minimum absolute atomic E-state index is 0.297. The number of aryl methyl sites for hydroxylation is 1. The van der Waals surface area contributed by atoms with Gasteiger partial charge in [0, 0.05) is 6.54 Å². The Morgan fingerprint density at radius 3 is 3.06 bits per heavy atom. The minimum atomic E-state index is -0.318. The Bertz CT molecular complexity index is 611. The standard InChI is InChI=1S/C11H15N3O2S/c1-2-12-5-3-6-14-10-8(4-7-17-10)9(15)13-11(14)16/h4,7,12H,2-3,5-6H2,1H3,(H,13,15,16). The molecule has 0 aromatic carbocycles. The van der Waals surface area contributed by atoms with Crippen molar-refractivity contribution < 1.29 is 0 Å². The SMILES string of the molecule is CCNCCCn1c(=O)[nH]c(=O)c2ccsc21. The molecule has 0 atom stereocenters. The summed E-state index contributed by atoms with van der Waals surface area (Å²) in [5.41, 5.74) is -0.615. The van der Waals surface area contributed by atoms with E-state index in [1.165, 1.54) is 11.3 Å². The molecule has 0 radical (unpaired) electrons. The van der Waals surface area contributed by atoms with Crippen LogP contribution in [-0.2, 0) is 6.54 Å². The average Bonchev–Trinajstić information content (AvgIpc) is 2.77. The first-order chi connectivity index (χ1) is 8.24. The van der Waals surface area contributed by atoms with Crippen molar-refractivity contribution >= 4 is 21.6 Å². The van der Waals surface area contributed by atoms with Crippen molar-refractivity contribution in [3.63, 3.8) is 0 Å². The second kappa shape index (κ2) is 5.29. The molecule has 0 fully saturated rings. The number of thiophene rings is 1. The first-order valence-electron chi connectivity index (χ1n) is 5.65. The number of hydrogen-bond acceptors (Lipinski definition) is 4. The molecule has 2 rings (SSSR count). The highest BCUT2D eigenvalue weighted by Crippen LogP contribution is 2.15. The molecule has 2 heterocycles. The van der Waals surface area contributed by atoms with Gasteiger partial charge in [0.05, 0.1) is 5.39 Å². The lowest BCUT2D eigenvalue weighted by Crippen LogP contribution is -2.30. The van der Waals surface area contributed by atoms with Crippen LogP contribution >= 0.6 is 11.3 Å². The molecule has 92 valence electrons. The molecular weight excluding hydrogens is 238 g/mol. The van der Waals surface area contributed by atoms with Gasteiger partial charge in [-0.2, -0.15) is 0 Å². The molecule has 0 bridgehead atoms. The number of fused-ring (bicyclic) bond motifs is 1. The number of nitrogens with zero attached hydrogens (tertiary/aromatic N) is 1. The molecule has 0 aliphatic heterocycles. The van der Waals surface area contributed by atoms with Gasteiger partial charge in [0.2, 0.25) is 0 Å². The zero-order chi connectivity index (χ0) is 12.3. The highest BCUT2D eigenvalue weighted by Gasteiger charge is 2.07. The van der Waals surface area contributed by atoms with Gasteiger partial charge >= 0.3 is 5.69 Å². The number of hydrogen-bond donors (Lipinski definition) is 2. The summed E-state index contributed by atoms with van der Waals surface area (Å²) in [6.07, 6.45) is 0.868. The topological polar surface area (TPSA) is 66.9 Å². The third-order valence-corrected chi connectivity index (χ3v) is 3.52. The number of nitrogens with one attached hydrogen (secondary N) is 2. The van der Waals surface area contributed by atoms with Crippen LogP contribution in [0.2, 0.25) is 0 Å². The van der Waals surface area contributed by atoms with Crippen molar-refractivity contribution in [3.8, 4) is 0 Å². The third kappa shape index (κ3) is 2.48. The summed E-state index contributed by atoms with van der Waals surface area (Å²) >= 11 is 1.43. The summed E-state index contributed by atoms with van der Waals surface area (Å²) < 4.78 is 1.64. The summed E-state index contributed by atoms with van der Waals surface area (Å²) in [7, 11) is 0. The second-order valence-electron chi connectivity index (χ2n) is 3.76. The largest absolute Gasteiger partial charge is 0.329 e. The lowest BCUT2D eigenvalue weighted by Gasteiger charge is -2.06. The van der Waals surface area contributed by atoms with Crippen LogP contribution in [0.5, 0.6) is 0 Å². The van der Waals surface area contributed by atoms with E-state index in [-0.39, 0.29) is 11.2 Å². The molecule has 2 N–H and O–H groups in total. The number of H-pyrrole nitrogens is 1. The van der Waals surface area contributed by atoms with E-state index in [1.807, 2.05) is 12.3 Å². The normalized spacial score (nSPS) is 11.1. The Hall–Kier alpha value is -1.40. The lowest BCUT2D eigenvalue weighted by molar-refractivity contribution is 0.586. The Morgan fingerprint density at radius 1 is 1.47 bits per heavy atom. The highest BCUT2D eigenvalue weighted by atomic mass is 32.1. The molecule has 6 heteroatoms. The van der Waals surface area contributed by atoms with Crippen LogP contribution in [0, 0.1) is 0 Å². The van der Waals surface area contributed by atoms with Gasteiger partial charge in [0.1, 0.15) is 4.83 Å². The maximum absolute atomic E-state index is 11.7. The smallest absolute Gasteiger partial charge is 0.317 e. The van der Waals surface area contributed by atoms with Crippen LogP contribution in [0.25, 0.3) is 10.2 Å². The molecule has 0 amide bonds. The summed E-state index contributed by atoms with van der Waals surface area (Å²) in [6.45, 7) is 4.47. The van der Waals surface area contributed by atoms with Crippen LogP contribution in [-0.4, -0.2) is 22.6 Å².